The monoisotopic (exact) mass is 462 g/mol. The standard InChI is InChI=1S/C26H30N4O4/c27-21(31)19-17(15-5-7-25(19,11-15)23(29)33)9-13-3-1-2-4-14(13)10-18-16-6-8-26(12-16,24(30)34)20(18)22(28)32/h1-4,15-16H,5-12H2,(H2,27,31)(H2,28,32)(H2,29,33)(H2,30,34). The first-order chi connectivity index (χ1) is 16.1. The first-order valence-corrected chi connectivity index (χ1v) is 11.8. The SMILES string of the molecule is NC(=O)C1=C(Cc2ccccc2CC2=C(C(N)=O)C3(C(N)=O)CCC2C3)C2CCC1(C(N)=O)C2. The molecule has 2 fully saturated rings. The third-order valence-corrected chi connectivity index (χ3v) is 8.93. The first kappa shape index (κ1) is 22.4. The number of carbonyl (C=O) groups is 4. The zero-order chi connectivity index (χ0) is 24.4. The number of hydrogen-bond donors (Lipinski definition) is 4. The molecule has 8 N–H and O–H groups in total. The van der Waals surface area contributed by atoms with Gasteiger partial charge in [0.2, 0.25) is 23.6 Å². The van der Waals surface area contributed by atoms with Crippen LogP contribution in [0.15, 0.2) is 46.6 Å². The lowest BCUT2D eigenvalue weighted by Crippen LogP contribution is -2.40. The number of carbonyl (C=O) groups excluding carboxylic acids is 4. The van der Waals surface area contributed by atoms with Gasteiger partial charge in [-0.2, -0.15) is 0 Å². The zero-order valence-corrected chi connectivity index (χ0v) is 19.1. The fourth-order valence-electron chi connectivity index (χ4n) is 7.42. The topological polar surface area (TPSA) is 172 Å². The van der Waals surface area contributed by atoms with E-state index in [-0.39, 0.29) is 11.8 Å². The molecule has 0 radical (unpaired) electrons. The van der Waals surface area contributed by atoms with E-state index in [0.29, 0.717) is 49.7 Å². The average Bonchev–Trinajstić information content (AvgIpc) is 3.53. The summed E-state index contributed by atoms with van der Waals surface area (Å²) in [5.41, 5.74) is 25.6. The van der Waals surface area contributed by atoms with Gasteiger partial charge in [0, 0.05) is 11.1 Å². The number of primary amides is 4. The molecular weight excluding hydrogens is 432 g/mol. The summed E-state index contributed by atoms with van der Waals surface area (Å²) in [6.45, 7) is 0. The largest absolute Gasteiger partial charge is 0.369 e. The van der Waals surface area contributed by atoms with E-state index in [2.05, 4.69) is 0 Å². The zero-order valence-electron chi connectivity index (χ0n) is 19.1. The molecule has 178 valence electrons. The number of amides is 4. The Kier molecular flexibility index (Phi) is 4.97. The molecule has 0 spiro atoms. The van der Waals surface area contributed by atoms with Crippen molar-refractivity contribution in [1.29, 1.82) is 0 Å². The van der Waals surface area contributed by atoms with Gasteiger partial charge in [-0.25, -0.2) is 0 Å². The van der Waals surface area contributed by atoms with Crippen LogP contribution < -0.4 is 22.9 Å². The summed E-state index contributed by atoms with van der Waals surface area (Å²) in [4.78, 5) is 49.5. The fourth-order valence-corrected chi connectivity index (χ4v) is 7.42. The summed E-state index contributed by atoms with van der Waals surface area (Å²) in [6.07, 6.45) is 4.77. The highest BCUT2D eigenvalue weighted by Crippen LogP contribution is 2.59. The van der Waals surface area contributed by atoms with Crippen molar-refractivity contribution in [3.05, 3.63) is 57.7 Å². The van der Waals surface area contributed by atoms with Crippen LogP contribution in [0.5, 0.6) is 0 Å². The molecule has 4 atom stereocenters. The van der Waals surface area contributed by atoms with Gasteiger partial charge in [0.1, 0.15) is 0 Å². The van der Waals surface area contributed by atoms with Crippen molar-refractivity contribution in [3.63, 3.8) is 0 Å². The second-order valence-corrected chi connectivity index (χ2v) is 10.4. The first-order valence-electron chi connectivity index (χ1n) is 11.8. The number of nitrogens with two attached hydrogens (primary N) is 4. The lowest BCUT2D eigenvalue weighted by atomic mass is 9.75. The third-order valence-electron chi connectivity index (χ3n) is 8.93. The van der Waals surface area contributed by atoms with Crippen molar-refractivity contribution in [2.75, 3.05) is 0 Å². The van der Waals surface area contributed by atoms with Gasteiger partial charge >= 0.3 is 0 Å². The summed E-state index contributed by atoms with van der Waals surface area (Å²) < 4.78 is 0. The normalized spacial score (nSPS) is 31.4. The van der Waals surface area contributed by atoms with E-state index in [1.54, 1.807) is 0 Å². The maximum Gasteiger partial charge on any atom is 0.245 e. The molecule has 4 aliphatic carbocycles. The van der Waals surface area contributed by atoms with Crippen LogP contribution in [0.2, 0.25) is 0 Å². The molecule has 34 heavy (non-hydrogen) atoms. The molecule has 2 saturated carbocycles. The van der Waals surface area contributed by atoms with E-state index >= 15 is 0 Å². The Morgan fingerprint density at radius 2 is 1.09 bits per heavy atom. The number of rotatable bonds is 8. The van der Waals surface area contributed by atoms with Crippen molar-refractivity contribution < 1.29 is 19.2 Å². The molecule has 0 saturated heterocycles. The Balaban J connectivity index is 1.54. The third kappa shape index (κ3) is 2.97. The molecule has 4 amide bonds. The number of allylic oxidation sites excluding steroid dienone is 2. The molecular formula is C26H30N4O4. The highest BCUT2D eigenvalue weighted by molar-refractivity contribution is 6.04. The van der Waals surface area contributed by atoms with E-state index in [4.69, 9.17) is 22.9 Å². The summed E-state index contributed by atoms with van der Waals surface area (Å²) in [7, 11) is 0. The average molecular weight is 463 g/mol. The van der Waals surface area contributed by atoms with Gasteiger partial charge in [-0.1, -0.05) is 35.4 Å². The highest BCUT2D eigenvalue weighted by Gasteiger charge is 2.57. The predicted molar refractivity (Wildman–Crippen MR) is 124 cm³/mol. The van der Waals surface area contributed by atoms with Crippen molar-refractivity contribution >= 4 is 23.6 Å². The van der Waals surface area contributed by atoms with Gasteiger partial charge in [0.05, 0.1) is 10.8 Å². The van der Waals surface area contributed by atoms with E-state index in [1.165, 1.54) is 0 Å². The van der Waals surface area contributed by atoms with Gasteiger partial charge in [0.25, 0.3) is 0 Å². The van der Waals surface area contributed by atoms with Crippen LogP contribution >= 0.6 is 0 Å². The summed E-state index contributed by atoms with van der Waals surface area (Å²) in [5.74, 6) is -1.93. The van der Waals surface area contributed by atoms with Gasteiger partial charge in [-0.15, -0.1) is 0 Å². The maximum atomic E-state index is 12.4. The summed E-state index contributed by atoms with van der Waals surface area (Å²) >= 11 is 0. The Labute approximate surface area is 197 Å². The highest BCUT2D eigenvalue weighted by atomic mass is 16.2. The minimum absolute atomic E-state index is 0.101. The Morgan fingerprint density at radius 1 is 0.706 bits per heavy atom. The molecule has 0 heterocycles. The van der Waals surface area contributed by atoms with Crippen LogP contribution in [-0.4, -0.2) is 23.6 Å². The molecule has 1 aromatic carbocycles. The van der Waals surface area contributed by atoms with Crippen LogP contribution in [0, 0.1) is 22.7 Å². The lowest BCUT2D eigenvalue weighted by Gasteiger charge is -2.27. The van der Waals surface area contributed by atoms with E-state index in [9.17, 15) is 19.2 Å². The van der Waals surface area contributed by atoms with Gasteiger partial charge in [-0.05, 0) is 74.3 Å². The number of benzene rings is 1. The summed E-state index contributed by atoms with van der Waals surface area (Å²) in [5, 5.41) is 0. The maximum absolute atomic E-state index is 12.4. The second kappa shape index (κ2) is 7.55. The van der Waals surface area contributed by atoms with Crippen molar-refractivity contribution in [2.24, 2.45) is 45.6 Å². The van der Waals surface area contributed by atoms with Crippen LogP contribution in [0.25, 0.3) is 0 Å². The molecule has 0 aromatic heterocycles. The lowest BCUT2D eigenvalue weighted by molar-refractivity contribution is -0.128. The van der Waals surface area contributed by atoms with E-state index < -0.39 is 34.5 Å². The molecule has 5 rings (SSSR count). The van der Waals surface area contributed by atoms with Crippen LogP contribution in [0.1, 0.15) is 49.7 Å². The van der Waals surface area contributed by atoms with Gasteiger partial charge in [0.15, 0.2) is 0 Å². The van der Waals surface area contributed by atoms with Crippen molar-refractivity contribution in [2.45, 2.75) is 51.4 Å². The minimum atomic E-state index is -0.957. The number of hydrogen-bond acceptors (Lipinski definition) is 4. The molecule has 4 bridgehead atoms. The van der Waals surface area contributed by atoms with Crippen molar-refractivity contribution in [1.82, 2.24) is 0 Å². The molecule has 0 aliphatic heterocycles. The van der Waals surface area contributed by atoms with Crippen LogP contribution in [-0.2, 0) is 32.0 Å². The second-order valence-electron chi connectivity index (χ2n) is 10.4. The molecule has 4 unspecified atom stereocenters. The van der Waals surface area contributed by atoms with Crippen molar-refractivity contribution in [3.8, 4) is 0 Å². The van der Waals surface area contributed by atoms with Gasteiger partial charge in [-0.3, -0.25) is 19.2 Å². The smallest absolute Gasteiger partial charge is 0.245 e. The Morgan fingerprint density at radius 3 is 1.41 bits per heavy atom. The number of fused-ring (bicyclic) bond motifs is 4. The Bertz CT molecular complexity index is 1120. The van der Waals surface area contributed by atoms with E-state index in [0.717, 1.165) is 35.1 Å². The van der Waals surface area contributed by atoms with E-state index in [1.807, 2.05) is 24.3 Å². The Hall–Kier alpha value is -3.42. The molecule has 4 aliphatic rings. The summed E-state index contributed by atoms with van der Waals surface area (Å²) in [6, 6.07) is 7.84. The van der Waals surface area contributed by atoms with Crippen LogP contribution in [0.3, 0.4) is 0 Å². The predicted octanol–water partition coefficient (Wildman–Crippen LogP) is 0.906. The fraction of sp³-hybridized carbons (Fsp3) is 0.462. The van der Waals surface area contributed by atoms with Crippen LogP contribution in [0.4, 0.5) is 0 Å². The quantitative estimate of drug-likeness (QED) is 0.450. The minimum Gasteiger partial charge on any atom is -0.369 e. The molecule has 8 nitrogen and oxygen atoms in total. The molecule has 1 aromatic rings. The van der Waals surface area contributed by atoms with Gasteiger partial charge < -0.3 is 22.9 Å². The molecule has 8 heteroatoms.